The van der Waals surface area contributed by atoms with Crippen LogP contribution in [0.1, 0.15) is 11.1 Å². The molecule has 2 N–H and O–H groups in total. The fraction of sp³-hybridized carbons (Fsp3) is 0.200. The summed E-state index contributed by atoms with van der Waals surface area (Å²) < 4.78 is 18.7. The quantitative estimate of drug-likeness (QED) is 0.455. The van der Waals surface area contributed by atoms with Crippen molar-refractivity contribution in [2.24, 2.45) is 0 Å². The Morgan fingerprint density at radius 1 is 1.31 bits per heavy atom. The van der Waals surface area contributed by atoms with E-state index in [1.807, 2.05) is 19.1 Å². The minimum absolute atomic E-state index is 0.0814. The summed E-state index contributed by atoms with van der Waals surface area (Å²) in [5.41, 5.74) is 1.93. The normalized spacial score (nSPS) is 10.8. The van der Waals surface area contributed by atoms with Gasteiger partial charge >= 0.3 is 0 Å². The van der Waals surface area contributed by atoms with Crippen LogP contribution < -0.4 is 15.4 Å². The Labute approximate surface area is 152 Å². The first-order valence-corrected chi connectivity index (χ1v) is 8.08. The molecule has 26 heavy (non-hydrogen) atoms. The molecule has 0 heterocycles. The molecule has 134 valence electrons. The number of amides is 1. The van der Waals surface area contributed by atoms with Gasteiger partial charge in [-0.2, -0.15) is 5.26 Å². The minimum atomic E-state index is -0.546. The first-order chi connectivity index (χ1) is 12.5. The highest BCUT2D eigenvalue weighted by atomic mass is 19.1. The fourth-order valence-electron chi connectivity index (χ4n) is 2.34. The molecule has 0 atom stereocenters. The number of nitrogens with zero attached hydrogens (tertiary/aromatic N) is 1. The molecule has 0 aromatic heterocycles. The Morgan fingerprint density at radius 2 is 2.08 bits per heavy atom. The number of halogens is 1. The zero-order valence-corrected chi connectivity index (χ0v) is 14.7. The van der Waals surface area contributed by atoms with Crippen molar-refractivity contribution in [3.8, 4) is 11.8 Å². The molecule has 0 saturated carbocycles. The van der Waals surface area contributed by atoms with Crippen LogP contribution in [0.15, 0.2) is 54.2 Å². The number of nitrogens with one attached hydrogen (secondary N) is 2. The highest BCUT2D eigenvalue weighted by Crippen LogP contribution is 2.25. The van der Waals surface area contributed by atoms with E-state index >= 15 is 0 Å². The first kappa shape index (κ1) is 19.0. The average Bonchev–Trinajstić information content (AvgIpc) is 2.63. The van der Waals surface area contributed by atoms with Crippen LogP contribution in [0.4, 0.5) is 10.1 Å². The van der Waals surface area contributed by atoms with Crippen LogP contribution in [0.2, 0.25) is 0 Å². The highest BCUT2D eigenvalue weighted by Gasteiger charge is 2.12. The van der Waals surface area contributed by atoms with E-state index in [1.165, 1.54) is 19.4 Å². The molecule has 0 fully saturated rings. The smallest absolute Gasteiger partial charge is 0.267 e. The summed E-state index contributed by atoms with van der Waals surface area (Å²) in [6, 6.07) is 13.7. The molecule has 2 rings (SSSR count). The van der Waals surface area contributed by atoms with Gasteiger partial charge in [-0.15, -0.1) is 0 Å². The largest absolute Gasteiger partial charge is 0.495 e. The van der Waals surface area contributed by atoms with Crippen molar-refractivity contribution in [2.75, 3.05) is 19.0 Å². The van der Waals surface area contributed by atoms with E-state index < -0.39 is 5.91 Å². The van der Waals surface area contributed by atoms with E-state index in [-0.39, 0.29) is 11.4 Å². The van der Waals surface area contributed by atoms with E-state index in [0.717, 1.165) is 5.56 Å². The molecule has 0 unspecified atom stereocenters. The van der Waals surface area contributed by atoms with Gasteiger partial charge in [0.1, 0.15) is 23.2 Å². The van der Waals surface area contributed by atoms with Crippen LogP contribution in [-0.4, -0.2) is 19.6 Å². The van der Waals surface area contributed by atoms with Crippen molar-refractivity contribution < 1.29 is 13.9 Å². The van der Waals surface area contributed by atoms with Gasteiger partial charge in [-0.1, -0.05) is 24.3 Å². The monoisotopic (exact) mass is 353 g/mol. The van der Waals surface area contributed by atoms with E-state index in [2.05, 4.69) is 10.6 Å². The Balaban J connectivity index is 1.98. The van der Waals surface area contributed by atoms with Crippen LogP contribution in [0.25, 0.3) is 0 Å². The number of methoxy groups -OCH3 is 1. The molecule has 0 saturated heterocycles. The number of rotatable bonds is 7. The topological polar surface area (TPSA) is 74.1 Å². The lowest BCUT2D eigenvalue weighted by atomic mass is 10.1. The number of hydrogen-bond acceptors (Lipinski definition) is 4. The second kappa shape index (κ2) is 9.23. The number of carbonyl (C=O) groups excluding carboxylic acids is 1. The maximum absolute atomic E-state index is 13.5. The number of anilines is 1. The predicted molar refractivity (Wildman–Crippen MR) is 98.2 cm³/mol. The molecule has 0 bridgehead atoms. The van der Waals surface area contributed by atoms with Crippen LogP contribution in [-0.2, 0) is 11.2 Å². The van der Waals surface area contributed by atoms with Gasteiger partial charge in [-0.3, -0.25) is 4.79 Å². The summed E-state index contributed by atoms with van der Waals surface area (Å²) in [5.74, 6) is -0.313. The zero-order valence-electron chi connectivity index (χ0n) is 14.7. The second-order valence-corrected chi connectivity index (χ2v) is 5.62. The molecule has 0 aliphatic rings. The van der Waals surface area contributed by atoms with Gasteiger partial charge in [0.05, 0.1) is 12.8 Å². The Morgan fingerprint density at radius 3 is 2.77 bits per heavy atom. The molecular formula is C20H20FN3O2. The van der Waals surface area contributed by atoms with Crippen LogP contribution in [0, 0.1) is 24.1 Å². The van der Waals surface area contributed by atoms with Crippen LogP contribution in [0.5, 0.6) is 5.75 Å². The molecule has 2 aromatic rings. The lowest BCUT2D eigenvalue weighted by Gasteiger charge is -2.10. The third-order valence-electron chi connectivity index (χ3n) is 3.71. The maximum Gasteiger partial charge on any atom is 0.267 e. The third-order valence-corrected chi connectivity index (χ3v) is 3.71. The molecule has 1 amide bonds. The van der Waals surface area contributed by atoms with E-state index in [1.54, 1.807) is 30.3 Å². The summed E-state index contributed by atoms with van der Waals surface area (Å²) in [7, 11) is 1.51. The number of nitriles is 1. The van der Waals surface area contributed by atoms with Gasteiger partial charge in [0.2, 0.25) is 0 Å². The van der Waals surface area contributed by atoms with Crippen molar-refractivity contribution in [1.82, 2.24) is 5.32 Å². The summed E-state index contributed by atoms with van der Waals surface area (Å²) in [5, 5.41) is 14.7. The number of ether oxygens (including phenoxy) is 1. The Hall–Kier alpha value is -3.33. The summed E-state index contributed by atoms with van der Waals surface area (Å²) in [6.45, 7) is 2.29. The molecular weight excluding hydrogens is 333 g/mol. The van der Waals surface area contributed by atoms with Crippen LogP contribution in [0.3, 0.4) is 0 Å². The predicted octanol–water partition coefficient (Wildman–Crippen LogP) is 3.32. The number of benzene rings is 2. The van der Waals surface area contributed by atoms with Crippen molar-refractivity contribution >= 4 is 11.6 Å². The zero-order chi connectivity index (χ0) is 18.9. The lowest BCUT2D eigenvalue weighted by Crippen LogP contribution is -2.18. The Kier molecular flexibility index (Phi) is 6.75. The van der Waals surface area contributed by atoms with E-state index in [9.17, 15) is 14.4 Å². The second-order valence-electron chi connectivity index (χ2n) is 5.62. The maximum atomic E-state index is 13.5. The van der Waals surface area contributed by atoms with Gasteiger partial charge in [0.15, 0.2) is 0 Å². The standard InChI is InChI=1S/C20H20FN3O2/c1-14-7-8-19(26-2)18(11-14)24-20(25)16(12-22)13-23-10-9-15-5-3-4-6-17(15)21/h3-8,11,13,23H,9-10H2,1-2H3,(H,24,25)/b16-13-. The highest BCUT2D eigenvalue weighted by molar-refractivity contribution is 6.07. The van der Waals surface area contributed by atoms with Gasteiger partial charge in [-0.05, 0) is 42.7 Å². The average molecular weight is 353 g/mol. The van der Waals surface area contributed by atoms with E-state index in [4.69, 9.17) is 4.74 Å². The molecule has 0 spiro atoms. The van der Waals surface area contributed by atoms with E-state index in [0.29, 0.717) is 30.0 Å². The Bertz CT molecular complexity index is 856. The summed E-state index contributed by atoms with van der Waals surface area (Å²) in [4.78, 5) is 12.3. The van der Waals surface area contributed by atoms with Gasteiger partial charge < -0.3 is 15.4 Å². The molecule has 0 radical (unpaired) electrons. The van der Waals surface area contributed by atoms with Crippen molar-refractivity contribution in [3.63, 3.8) is 0 Å². The molecule has 6 heteroatoms. The number of carbonyl (C=O) groups is 1. The fourth-order valence-corrected chi connectivity index (χ4v) is 2.34. The molecule has 2 aromatic carbocycles. The molecule has 5 nitrogen and oxygen atoms in total. The molecule has 0 aliphatic heterocycles. The van der Waals surface area contributed by atoms with Crippen molar-refractivity contribution in [1.29, 1.82) is 5.26 Å². The first-order valence-electron chi connectivity index (χ1n) is 8.08. The van der Waals surface area contributed by atoms with Gasteiger partial charge in [0, 0.05) is 12.7 Å². The summed E-state index contributed by atoms with van der Waals surface area (Å²) >= 11 is 0. The SMILES string of the molecule is COc1ccc(C)cc1NC(=O)/C(C#N)=C\NCCc1ccccc1F. The summed E-state index contributed by atoms with van der Waals surface area (Å²) in [6.07, 6.45) is 1.77. The molecule has 0 aliphatic carbocycles. The van der Waals surface area contributed by atoms with Crippen molar-refractivity contribution in [3.05, 3.63) is 71.2 Å². The lowest BCUT2D eigenvalue weighted by molar-refractivity contribution is -0.112. The third kappa shape index (κ3) is 5.08. The number of aryl methyl sites for hydroxylation is 1. The van der Waals surface area contributed by atoms with Crippen LogP contribution >= 0.6 is 0 Å². The van der Waals surface area contributed by atoms with Gasteiger partial charge in [0.25, 0.3) is 5.91 Å². The van der Waals surface area contributed by atoms with Crippen molar-refractivity contribution in [2.45, 2.75) is 13.3 Å². The van der Waals surface area contributed by atoms with Gasteiger partial charge in [-0.25, -0.2) is 4.39 Å². The minimum Gasteiger partial charge on any atom is -0.495 e. The number of hydrogen-bond donors (Lipinski definition) is 2.